The predicted octanol–water partition coefficient (Wildman–Crippen LogP) is 3.51. The quantitative estimate of drug-likeness (QED) is 0.735. The fourth-order valence-electron chi connectivity index (χ4n) is 4.29. The minimum absolute atomic E-state index is 0.0824. The number of hydrogen-bond acceptors (Lipinski definition) is 4. The van der Waals surface area contributed by atoms with E-state index in [4.69, 9.17) is 11.6 Å². The van der Waals surface area contributed by atoms with Crippen LogP contribution in [0.5, 0.6) is 0 Å². The van der Waals surface area contributed by atoms with Crippen LogP contribution in [0.15, 0.2) is 35.4 Å². The molecule has 0 spiro atoms. The molecule has 4 rings (SSSR count). The zero-order chi connectivity index (χ0) is 20.6. The van der Waals surface area contributed by atoms with Gasteiger partial charge in [0.15, 0.2) is 0 Å². The van der Waals surface area contributed by atoms with E-state index in [2.05, 4.69) is 5.10 Å². The fourth-order valence-corrected chi connectivity index (χ4v) is 6.24. The van der Waals surface area contributed by atoms with Crippen molar-refractivity contribution in [3.63, 3.8) is 0 Å². The van der Waals surface area contributed by atoms with E-state index >= 15 is 0 Å². The lowest BCUT2D eigenvalue weighted by Gasteiger charge is -2.29. The number of carbonyl (C=O) groups is 1. The zero-order valence-electron chi connectivity index (χ0n) is 16.4. The van der Waals surface area contributed by atoms with Crippen LogP contribution in [-0.2, 0) is 21.9 Å². The Labute approximate surface area is 176 Å². The van der Waals surface area contributed by atoms with E-state index in [0.29, 0.717) is 31.0 Å². The maximum atomic E-state index is 13.5. The Morgan fingerprint density at radius 3 is 2.45 bits per heavy atom. The van der Waals surface area contributed by atoms with Crippen LogP contribution in [-0.4, -0.2) is 41.5 Å². The molecule has 2 fully saturated rings. The van der Waals surface area contributed by atoms with Crippen molar-refractivity contribution in [3.8, 4) is 0 Å². The van der Waals surface area contributed by atoms with E-state index in [-0.39, 0.29) is 16.8 Å². The number of hydrogen-bond donors (Lipinski definition) is 0. The molecule has 2 saturated heterocycles. The SMILES string of the molecule is Cn1ncc(Cl)c1C1CCCCCN1S(=O)(=O)c1ccc(N2CCCC2=O)cc1. The smallest absolute Gasteiger partial charge is 0.243 e. The summed E-state index contributed by atoms with van der Waals surface area (Å²) in [6.45, 7) is 1.12. The van der Waals surface area contributed by atoms with Crippen LogP contribution in [0.2, 0.25) is 5.02 Å². The first-order valence-corrected chi connectivity index (χ1v) is 11.8. The molecular formula is C20H25ClN4O3S. The number of sulfonamides is 1. The van der Waals surface area contributed by atoms with E-state index in [1.807, 2.05) is 0 Å². The molecule has 0 radical (unpaired) electrons. The Hall–Kier alpha value is -1.90. The van der Waals surface area contributed by atoms with Gasteiger partial charge in [-0.1, -0.05) is 24.4 Å². The second-order valence-corrected chi connectivity index (χ2v) is 9.92. The summed E-state index contributed by atoms with van der Waals surface area (Å²) >= 11 is 6.36. The molecule has 9 heteroatoms. The van der Waals surface area contributed by atoms with E-state index in [9.17, 15) is 13.2 Å². The Balaban J connectivity index is 1.67. The maximum Gasteiger partial charge on any atom is 0.243 e. The van der Waals surface area contributed by atoms with Gasteiger partial charge in [0, 0.05) is 32.2 Å². The van der Waals surface area contributed by atoms with Crippen LogP contribution in [0, 0.1) is 0 Å². The van der Waals surface area contributed by atoms with Crippen molar-refractivity contribution >= 4 is 33.2 Å². The van der Waals surface area contributed by atoms with Gasteiger partial charge in [-0.2, -0.15) is 9.40 Å². The number of aryl methyl sites for hydroxylation is 1. The first-order valence-electron chi connectivity index (χ1n) is 9.99. The van der Waals surface area contributed by atoms with E-state index in [0.717, 1.165) is 37.1 Å². The van der Waals surface area contributed by atoms with Gasteiger partial charge in [0.1, 0.15) is 0 Å². The number of nitrogens with zero attached hydrogens (tertiary/aromatic N) is 4. The number of rotatable bonds is 4. The summed E-state index contributed by atoms with van der Waals surface area (Å²) < 4.78 is 30.3. The molecule has 1 unspecified atom stereocenters. The number of benzene rings is 1. The van der Waals surface area contributed by atoms with Crippen molar-refractivity contribution in [2.75, 3.05) is 18.0 Å². The summed E-state index contributed by atoms with van der Waals surface area (Å²) in [7, 11) is -1.93. The van der Waals surface area contributed by atoms with Crippen molar-refractivity contribution < 1.29 is 13.2 Å². The van der Waals surface area contributed by atoms with Crippen LogP contribution in [0.25, 0.3) is 0 Å². The molecule has 3 heterocycles. The molecule has 0 bridgehead atoms. The van der Waals surface area contributed by atoms with Crippen molar-refractivity contribution in [2.24, 2.45) is 7.05 Å². The Morgan fingerprint density at radius 2 is 1.83 bits per heavy atom. The topological polar surface area (TPSA) is 75.5 Å². The van der Waals surface area contributed by atoms with E-state index in [1.165, 1.54) is 0 Å². The molecule has 1 aromatic heterocycles. The molecule has 1 aromatic carbocycles. The molecule has 0 aliphatic carbocycles. The first-order chi connectivity index (χ1) is 13.9. The normalized spacial score (nSPS) is 21.5. The number of aromatic nitrogens is 2. The van der Waals surface area contributed by atoms with Crippen LogP contribution in [0.1, 0.15) is 50.3 Å². The van der Waals surface area contributed by atoms with Gasteiger partial charge in [-0.15, -0.1) is 0 Å². The highest BCUT2D eigenvalue weighted by molar-refractivity contribution is 7.89. The van der Waals surface area contributed by atoms with E-state index < -0.39 is 10.0 Å². The zero-order valence-corrected chi connectivity index (χ0v) is 18.0. The van der Waals surface area contributed by atoms with Gasteiger partial charge >= 0.3 is 0 Å². The van der Waals surface area contributed by atoms with Gasteiger partial charge in [0.25, 0.3) is 0 Å². The van der Waals surface area contributed by atoms with Gasteiger partial charge in [-0.05, 0) is 43.5 Å². The van der Waals surface area contributed by atoms with Crippen LogP contribution >= 0.6 is 11.6 Å². The van der Waals surface area contributed by atoms with Crippen LogP contribution < -0.4 is 4.90 Å². The fraction of sp³-hybridized carbons (Fsp3) is 0.500. The third-order valence-corrected chi connectivity index (χ3v) is 8.00. The monoisotopic (exact) mass is 436 g/mol. The number of carbonyl (C=O) groups excluding carboxylic acids is 1. The summed E-state index contributed by atoms with van der Waals surface area (Å²) in [6, 6.07) is 6.30. The molecule has 7 nitrogen and oxygen atoms in total. The van der Waals surface area contributed by atoms with Gasteiger partial charge in [0.2, 0.25) is 15.9 Å². The molecule has 0 saturated carbocycles. The van der Waals surface area contributed by atoms with Gasteiger partial charge < -0.3 is 4.90 Å². The summed E-state index contributed by atoms with van der Waals surface area (Å²) in [5.41, 5.74) is 1.48. The number of anilines is 1. The summed E-state index contributed by atoms with van der Waals surface area (Å²) in [6.07, 6.45) is 6.38. The summed E-state index contributed by atoms with van der Waals surface area (Å²) in [5.74, 6) is 0.0824. The van der Waals surface area contributed by atoms with Crippen molar-refractivity contribution in [3.05, 3.63) is 41.2 Å². The Morgan fingerprint density at radius 1 is 1.07 bits per heavy atom. The molecule has 2 aromatic rings. The Kier molecular flexibility index (Phi) is 5.68. The highest BCUT2D eigenvalue weighted by atomic mass is 35.5. The van der Waals surface area contributed by atoms with Crippen molar-refractivity contribution in [1.82, 2.24) is 14.1 Å². The highest BCUT2D eigenvalue weighted by Gasteiger charge is 2.36. The third-order valence-electron chi connectivity index (χ3n) is 5.79. The maximum absolute atomic E-state index is 13.5. The molecule has 1 atom stereocenters. The van der Waals surface area contributed by atoms with Gasteiger partial charge in [0.05, 0.1) is 27.9 Å². The van der Waals surface area contributed by atoms with Crippen LogP contribution in [0.4, 0.5) is 5.69 Å². The lowest BCUT2D eigenvalue weighted by atomic mass is 10.1. The average molecular weight is 437 g/mol. The predicted molar refractivity (Wildman–Crippen MR) is 111 cm³/mol. The number of amides is 1. The second-order valence-electron chi connectivity index (χ2n) is 7.63. The van der Waals surface area contributed by atoms with Gasteiger partial charge in [-0.25, -0.2) is 8.42 Å². The standard InChI is InChI=1S/C20H25ClN4O3S/c1-23-20(17(21)14-22-23)18-6-3-2-4-13-25(18)29(27,28)16-10-8-15(9-11-16)24-12-5-7-19(24)26/h8-11,14,18H,2-7,12-13H2,1H3. The minimum atomic E-state index is -3.72. The van der Waals surface area contributed by atoms with Crippen LogP contribution in [0.3, 0.4) is 0 Å². The summed E-state index contributed by atoms with van der Waals surface area (Å²) in [5, 5.41) is 4.69. The van der Waals surface area contributed by atoms with Gasteiger partial charge in [-0.3, -0.25) is 9.48 Å². The molecular weight excluding hydrogens is 412 g/mol. The van der Waals surface area contributed by atoms with Crippen molar-refractivity contribution in [2.45, 2.75) is 49.5 Å². The lowest BCUT2D eigenvalue weighted by Crippen LogP contribution is -2.36. The molecule has 2 aliphatic heterocycles. The van der Waals surface area contributed by atoms with E-state index in [1.54, 1.807) is 51.4 Å². The molecule has 0 N–H and O–H groups in total. The second kappa shape index (κ2) is 8.08. The average Bonchev–Trinajstić information content (AvgIpc) is 3.17. The molecule has 29 heavy (non-hydrogen) atoms. The highest BCUT2D eigenvalue weighted by Crippen LogP contribution is 2.37. The molecule has 1 amide bonds. The Bertz CT molecular complexity index is 984. The molecule has 2 aliphatic rings. The first kappa shape index (κ1) is 20.4. The molecule has 156 valence electrons. The van der Waals surface area contributed by atoms with Crippen molar-refractivity contribution in [1.29, 1.82) is 0 Å². The summed E-state index contributed by atoms with van der Waals surface area (Å²) in [4.78, 5) is 13.9. The third kappa shape index (κ3) is 3.81. The minimum Gasteiger partial charge on any atom is -0.312 e. The number of halogens is 1. The largest absolute Gasteiger partial charge is 0.312 e. The lowest BCUT2D eigenvalue weighted by molar-refractivity contribution is -0.117.